The van der Waals surface area contributed by atoms with Crippen molar-refractivity contribution in [3.05, 3.63) is 22.4 Å². The number of fused-ring (bicyclic) bond motifs is 1. The minimum Gasteiger partial charge on any atom is -0.373 e. The number of nitrogens with zero attached hydrogens (tertiary/aromatic N) is 2. The molecule has 1 saturated heterocycles. The number of hydrogen-bond acceptors (Lipinski definition) is 3. The second-order valence-electron chi connectivity index (χ2n) is 6.45. The first kappa shape index (κ1) is 14.3. The summed E-state index contributed by atoms with van der Waals surface area (Å²) in [6.45, 7) is 7.73. The summed E-state index contributed by atoms with van der Waals surface area (Å²) >= 11 is 0. The minimum atomic E-state index is 0.622. The summed E-state index contributed by atoms with van der Waals surface area (Å²) in [4.78, 5) is 5.90. The van der Waals surface area contributed by atoms with Crippen LogP contribution in [0.1, 0.15) is 42.7 Å². The number of morpholine rings is 1. The fourth-order valence-corrected chi connectivity index (χ4v) is 3.50. The number of H-pyrrole nitrogens is 1. The molecule has 1 fully saturated rings. The molecule has 0 unspecified atom stereocenters. The summed E-state index contributed by atoms with van der Waals surface area (Å²) in [5.74, 6) is 1.65. The van der Waals surface area contributed by atoms with Gasteiger partial charge in [-0.25, -0.2) is 4.98 Å². The number of hydrogen-bond donors (Lipinski definition) is 0. The Bertz CT molecular complexity index is 568. The maximum absolute atomic E-state index is 9.66. The number of rotatable bonds is 3. The summed E-state index contributed by atoms with van der Waals surface area (Å²) in [7, 11) is 0. The predicted octanol–water partition coefficient (Wildman–Crippen LogP) is 1.90. The van der Waals surface area contributed by atoms with E-state index in [2.05, 4.69) is 29.8 Å². The van der Waals surface area contributed by atoms with Gasteiger partial charge >= 0.3 is 0 Å². The Morgan fingerprint density at radius 2 is 1.95 bits per heavy atom. The molecule has 0 radical (unpaired) electrons. The summed E-state index contributed by atoms with van der Waals surface area (Å²) in [6.07, 6.45) is 4.40. The Balaban J connectivity index is 2.07. The smallest absolute Gasteiger partial charge is 0.293 e. The summed E-state index contributed by atoms with van der Waals surface area (Å²) in [6, 6.07) is 2.46. The van der Waals surface area contributed by atoms with Crippen molar-refractivity contribution >= 4 is 5.82 Å². The molecule has 3 rings (SSSR count). The van der Waals surface area contributed by atoms with Crippen LogP contribution in [0.25, 0.3) is 0 Å². The molecule has 1 aliphatic carbocycles. The Hall–Kier alpha value is -1.60. The van der Waals surface area contributed by atoms with Crippen LogP contribution in [-0.4, -0.2) is 26.3 Å². The summed E-state index contributed by atoms with van der Waals surface area (Å²) in [5.41, 5.74) is 4.93. The van der Waals surface area contributed by atoms with Crippen molar-refractivity contribution in [3.8, 4) is 6.07 Å². The van der Waals surface area contributed by atoms with Crippen molar-refractivity contribution < 1.29 is 9.72 Å². The van der Waals surface area contributed by atoms with E-state index in [4.69, 9.17) is 4.74 Å². The maximum Gasteiger partial charge on any atom is 0.293 e. The van der Waals surface area contributed by atoms with Gasteiger partial charge in [0.1, 0.15) is 30.4 Å². The van der Waals surface area contributed by atoms with E-state index in [1.807, 2.05) is 0 Å². The fourth-order valence-electron chi connectivity index (χ4n) is 3.50. The lowest BCUT2D eigenvalue weighted by molar-refractivity contribution is -0.378. The van der Waals surface area contributed by atoms with Gasteiger partial charge in [-0.05, 0) is 36.3 Å². The van der Waals surface area contributed by atoms with Gasteiger partial charge in [0, 0.05) is 6.42 Å². The Kier molecular flexibility index (Phi) is 4.12. The third kappa shape index (κ3) is 2.75. The number of aromatic amines is 1. The number of aromatic nitrogens is 1. The van der Waals surface area contributed by atoms with Crippen molar-refractivity contribution in [2.45, 2.75) is 39.5 Å². The zero-order valence-corrected chi connectivity index (χ0v) is 13.0. The van der Waals surface area contributed by atoms with E-state index in [9.17, 15) is 5.26 Å². The van der Waals surface area contributed by atoms with Crippen LogP contribution in [-0.2, 0) is 24.0 Å². The molecule has 0 bridgehead atoms. The van der Waals surface area contributed by atoms with Crippen molar-refractivity contribution in [3.63, 3.8) is 0 Å². The molecular weight excluding hydrogens is 262 g/mol. The van der Waals surface area contributed by atoms with Crippen molar-refractivity contribution in [2.24, 2.45) is 5.92 Å². The van der Waals surface area contributed by atoms with Gasteiger partial charge in [-0.2, -0.15) is 5.26 Å². The summed E-state index contributed by atoms with van der Waals surface area (Å²) in [5, 5.41) is 9.66. The molecule has 21 heavy (non-hydrogen) atoms. The molecular formula is C17H24N3O+. The Morgan fingerprint density at radius 3 is 2.62 bits per heavy atom. The van der Waals surface area contributed by atoms with Crippen molar-refractivity contribution in [1.82, 2.24) is 0 Å². The lowest BCUT2D eigenvalue weighted by atomic mass is 9.97. The average Bonchev–Trinajstić information content (AvgIpc) is 2.97. The third-order valence-corrected chi connectivity index (χ3v) is 4.44. The fraction of sp³-hybridized carbons (Fsp3) is 0.647. The first-order valence-electron chi connectivity index (χ1n) is 8.03. The Labute approximate surface area is 126 Å². The molecule has 0 saturated carbocycles. The predicted molar refractivity (Wildman–Crippen MR) is 81.3 cm³/mol. The highest BCUT2D eigenvalue weighted by atomic mass is 16.5. The van der Waals surface area contributed by atoms with E-state index in [0.717, 1.165) is 56.9 Å². The number of pyridine rings is 1. The maximum atomic E-state index is 9.66. The number of nitriles is 1. The lowest BCUT2D eigenvalue weighted by Gasteiger charge is -2.23. The molecule has 112 valence electrons. The third-order valence-electron chi connectivity index (χ3n) is 4.44. The molecule has 1 aliphatic heterocycles. The van der Waals surface area contributed by atoms with Crippen LogP contribution in [0, 0.1) is 17.2 Å². The van der Waals surface area contributed by atoms with E-state index in [-0.39, 0.29) is 0 Å². The monoisotopic (exact) mass is 286 g/mol. The highest BCUT2D eigenvalue weighted by molar-refractivity contribution is 5.58. The Morgan fingerprint density at radius 1 is 1.24 bits per heavy atom. The summed E-state index contributed by atoms with van der Waals surface area (Å²) < 4.78 is 5.44. The van der Waals surface area contributed by atoms with Gasteiger partial charge in [-0.3, -0.25) is 4.90 Å². The highest BCUT2D eigenvalue weighted by Gasteiger charge is 2.31. The van der Waals surface area contributed by atoms with Crippen molar-refractivity contribution in [1.29, 1.82) is 5.26 Å². The number of anilines is 1. The SMILES string of the molecule is CC(C)Cc1[nH+]c(N2CCOCC2)c(C#N)c2c1CCC2. The van der Waals surface area contributed by atoms with E-state index in [1.54, 1.807) is 0 Å². The molecule has 0 aromatic carbocycles. The molecule has 0 atom stereocenters. The van der Waals surface area contributed by atoms with E-state index in [1.165, 1.54) is 23.2 Å². The van der Waals surface area contributed by atoms with Crippen LogP contribution in [0.4, 0.5) is 5.82 Å². The zero-order chi connectivity index (χ0) is 14.8. The molecule has 2 aliphatic rings. The van der Waals surface area contributed by atoms with Gasteiger partial charge in [0.25, 0.3) is 5.82 Å². The van der Waals surface area contributed by atoms with Gasteiger partial charge in [-0.1, -0.05) is 13.8 Å². The second kappa shape index (κ2) is 6.03. The zero-order valence-electron chi connectivity index (χ0n) is 13.0. The highest BCUT2D eigenvalue weighted by Crippen LogP contribution is 2.31. The van der Waals surface area contributed by atoms with Gasteiger partial charge in [0.2, 0.25) is 0 Å². The largest absolute Gasteiger partial charge is 0.373 e. The van der Waals surface area contributed by atoms with Crippen LogP contribution in [0.15, 0.2) is 0 Å². The first-order chi connectivity index (χ1) is 10.2. The van der Waals surface area contributed by atoms with Crippen LogP contribution < -0.4 is 9.88 Å². The van der Waals surface area contributed by atoms with Crippen molar-refractivity contribution in [2.75, 3.05) is 31.2 Å². The lowest BCUT2D eigenvalue weighted by Crippen LogP contribution is -2.41. The normalized spacial score (nSPS) is 17.9. The second-order valence-corrected chi connectivity index (χ2v) is 6.45. The van der Waals surface area contributed by atoms with E-state index >= 15 is 0 Å². The van der Waals surface area contributed by atoms with Gasteiger partial charge in [0.05, 0.1) is 13.2 Å². The molecule has 4 heteroatoms. The molecule has 0 amide bonds. The van der Waals surface area contributed by atoms with Crippen LogP contribution in [0.3, 0.4) is 0 Å². The molecule has 0 spiro atoms. The van der Waals surface area contributed by atoms with Crippen LogP contribution >= 0.6 is 0 Å². The van der Waals surface area contributed by atoms with Gasteiger partial charge in [0.15, 0.2) is 0 Å². The minimum absolute atomic E-state index is 0.622. The standard InChI is InChI=1S/C17H23N3O/c1-12(2)10-16-14-5-3-4-13(14)15(11-18)17(19-16)20-6-8-21-9-7-20/h12H,3-10H2,1-2H3/p+1. The first-order valence-corrected chi connectivity index (χ1v) is 8.03. The molecule has 1 aromatic rings. The van der Waals surface area contributed by atoms with Gasteiger partial charge in [-0.15, -0.1) is 0 Å². The number of ether oxygens (including phenoxy) is 1. The molecule has 2 heterocycles. The van der Waals surface area contributed by atoms with E-state index in [0.29, 0.717) is 5.92 Å². The number of nitrogens with one attached hydrogen (secondary N) is 1. The molecule has 4 nitrogen and oxygen atoms in total. The van der Waals surface area contributed by atoms with Crippen LogP contribution in [0.2, 0.25) is 0 Å². The van der Waals surface area contributed by atoms with E-state index < -0.39 is 0 Å². The van der Waals surface area contributed by atoms with Crippen LogP contribution in [0.5, 0.6) is 0 Å². The molecule has 1 N–H and O–H groups in total. The quantitative estimate of drug-likeness (QED) is 0.852. The molecule has 1 aromatic heterocycles. The average molecular weight is 286 g/mol. The topological polar surface area (TPSA) is 50.4 Å². The van der Waals surface area contributed by atoms with Gasteiger partial charge < -0.3 is 4.74 Å².